The molecule has 1 aliphatic rings. The molecular weight excluding hydrogens is 220 g/mol. The van der Waals surface area contributed by atoms with Gasteiger partial charge in [-0.2, -0.15) is 0 Å². The van der Waals surface area contributed by atoms with E-state index in [1.54, 1.807) is 0 Å². The van der Waals surface area contributed by atoms with Crippen molar-refractivity contribution in [2.45, 2.75) is 58.0 Å². The van der Waals surface area contributed by atoms with E-state index in [1.165, 1.54) is 0 Å². The normalized spacial score (nSPS) is 28.1. The highest BCUT2D eigenvalue weighted by Gasteiger charge is 2.37. The molecule has 16 heavy (non-hydrogen) atoms. The van der Waals surface area contributed by atoms with Gasteiger partial charge in [-0.1, -0.05) is 20.8 Å². The van der Waals surface area contributed by atoms with E-state index in [4.69, 9.17) is 13.9 Å². The van der Waals surface area contributed by atoms with Gasteiger partial charge < -0.3 is 13.9 Å². The maximum absolute atomic E-state index is 6.10. The minimum atomic E-state index is -1.64. The van der Waals surface area contributed by atoms with Crippen molar-refractivity contribution in [3.8, 4) is 0 Å². The van der Waals surface area contributed by atoms with Crippen LogP contribution in [-0.2, 0) is 13.9 Å². The third-order valence-electron chi connectivity index (χ3n) is 3.57. The summed E-state index contributed by atoms with van der Waals surface area (Å²) >= 11 is 0. The van der Waals surface area contributed by atoms with Crippen molar-refractivity contribution in [1.29, 1.82) is 0 Å². The first-order chi connectivity index (χ1) is 7.22. The van der Waals surface area contributed by atoms with Gasteiger partial charge in [0.25, 0.3) is 0 Å². The van der Waals surface area contributed by atoms with Crippen molar-refractivity contribution >= 4 is 8.32 Å². The van der Waals surface area contributed by atoms with E-state index in [2.05, 4.69) is 33.9 Å². The summed E-state index contributed by atoms with van der Waals surface area (Å²) in [7, 11) is -1.64. The molecular formula is C12H26O3Si. The van der Waals surface area contributed by atoms with E-state index < -0.39 is 8.32 Å². The quantitative estimate of drug-likeness (QED) is 0.717. The molecule has 2 atom stereocenters. The standard InChI is InChI=1S/C12H26O3Si/c1-10-7-14-11(8-13-10)9-15-16(5,6)12(2,3)4/h10-11H,7-9H2,1-6H3/t10-,11-/m0/s1. The van der Waals surface area contributed by atoms with Crippen LogP contribution in [-0.4, -0.2) is 40.3 Å². The van der Waals surface area contributed by atoms with Crippen molar-refractivity contribution in [3.63, 3.8) is 0 Å². The highest BCUT2D eigenvalue weighted by molar-refractivity contribution is 6.74. The smallest absolute Gasteiger partial charge is 0.192 e. The van der Waals surface area contributed by atoms with Gasteiger partial charge in [0.15, 0.2) is 8.32 Å². The predicted octanol–water partition coefficient (Wildman–Crippen LogP) is 2.81. The Morgan fingerprint density at radius 2 is 1.81 bits per heavy atom. The summed E-state index contributed by atoms with van der Waals surface area (Å²) < 4.78 is 17.3. The van der Waals surface area contributed by atoms with Crippen LogP contribution in [0.25, 0.3) is 0 Å². The van der Waals surface area contributed by atoms with Crippen LogP contribution in [0.5, 0.6) is 0 Å². The minimum Gasteiger partial charge on any atom is -0.414 e. The predicted molar refractivity (Wildman–Crippen MR) is 68.3 cm³/mol. The molecule has 0 aromatic rings. The minimum absolute atomic E-state index is 0.116. The lowest BCUT2D eigenvalue weighted by atomic mass is 10.2. The zero-order valence-electron chi connectivity index (χ0n) is 11.5. The number of ether oxygens (including phenoxy) is 2. The monoisotopic (exact) mass is 246 g/mol. The van der Waals surface area contributed by atoms with Crippen LogP contribution in [0, 0.1) is 0 Å². The molecule has 3 nitrogen and oxygen atoms in total. The number of hydrogen-bond acceptors (Lipinski definition) is 3. The van der Waals surface area contributed by atoms with Gasteiger partial charge in [-0.25, -0.2) is 0 Å². The summed E-state index contributed by atoms with van der Waals surface area (Å²) in [4.78, 5) is 0. The Hall–Kier alpha value is 0.0969. The first kappa shape index (κ1) is 14.2. The third kappa shape index (κ3) is 3.84. The van der Waals surface area contributed by atoms with Crippen molar-refractivity contribution < 1.29 is 13.9 Å². The second-order valence-electron chi connectivity index (χ2n) is 6.17. The topological polar surface area (TPSA) is 27.7 Å². The Morgan fingerprint density at radius 3 is 2.25 bits per heavy atom. The van der Waals surface area contributed by atoms with Crippen LogP contribution < -0.4 is 0 Å². The highest BCUT2D eigenvalue weighted by Crippen LogP contribution is 2.36. The van der Waals surface area contributed by atoms with Crippen LogP contribution in [0.1, 0.15) is 27.7 Å². The highest BCUT2D eigenvalue weighted by atomic mass is 28.4. The summed E-state index contributed by atoms with van der Waals surface area (Å²) in [5.74, 6) is 0. The fourth-order valence-electron chi connectivity index (χ4n) is 1.25. The second-order valence-corrected chi connectivity index (χ2v) is 11.0. The molecule has 0 unspecified atom stereocenters. The molecule has 0 saturated carbocycles. The molecule has 1 heterocycles. The van der Waals surface area contributed by atoms with Gasteiger partial charge in [-0.3, -0.25) is 0 Å². The molecule has 1 aliphatic heterocycles. The second kappa shape index (κ2) is 5.17. The van der Waals surface area contributed by atoms with Gasteiger partial charge in [0.2, 0.25) is 0 Å². The SMILES string of the molecule is C[C@H]1CO[C@H](CO[Si](C)(C)C(C)(C)C)CO1. The molecule has 0 amide bonds. The third-order valence-corrected chi connectivity index (χ3v) is 8.07. The van der Waals surface area contributed by atoms with Gasteiger partial charge in [0.1, 0.15) is 6.10 Å². The van der Waals surface area contributed by atoms with Crippen molar-refractivity contribution in [2.24, 2.45) is 0 Å². The van der Waals surface area contributed by atoms with E-state index >= 15 is 0 Å². The van der Waals surface area contributed by atoms with E-state index in [1.807, 2.05) is 6.92 Å². The maximum Gasteiger partial charge on any atom is 0.192 e. The molecule has 1 rings (SSSR count). The van der Waals surface area contributed by atoms with Gasteiger partial charge in [-0.15, -0.1) is 0 Å². The maximum atomic E-state index is 6.10. The molecule has 1 fully saturated rings. The molecule has 0 aromatic carbocycles. The number of hydrogen-bond donors (Lipinski definition) is 0. The molecule has 1 saturated heterocycles. The first-order valence-corrected chi connectivity index (χ1v) is 9.00. The Morgan fingerprint density at radius 1 is 1.19 bits per heavy atom. The lowest BCUT2D eigenvalue weighted by Gasteiger charge is -2.38. The van der Waals surface area contributed by atoms with Gasteiger partial charge in [0, 0.05) is 0 Å². The van der Waals surface area contributed by atoms with E-state index in [0.29, 0.717) is 19.8 Å². The summed E-state index contributed by atoms with van der Waals surface area (Å²) in [5.41, 5.74) is 0. The van der Waals surface area contributed by atoms with Crippen molar-refractivity contribution in [3.05, 3.63) is 0 Å². The largest absolute Gasteiger partial charge is 0.414 e. The molecule has 0 radical (unpaired) electrons. The first-order valence-electron chi connectivity index (χ1n) is 6.09. The molecule has 4 heteroatoms. The van der Waals surface area contributed by atoms with Crippen LogP contribution in [0.4, 0.5) is 0 Å². The van der Waals surface area contributed by atoms with Crippen LogP contribution in [0.3, 0.4) is 0 Å². The van der Waals surface area contributed by atoms with Gasteiger partial charge >= 0.3 is 0 Å². The summed E-state index contributed by atoms with van der Waals surface area (Å²) in [6.45, 7) is 15.3. The Kier molecular flexibility index (Phi) is 4.57. The lowest BCUT2D eigenvalue weighted by Crippen LogP contribution is -2.45. The molecule has 0 aromatic heterocycles. The van der Waals surface area contributed by atoms with Gasteiger partial charge in [-0.05, 0) is 25.1 Å². The van der Waals surface area contributed by atoms with Crippen molar-refractivity contribution in [2.75, 3.05) is 19.8 Å². The Balaban J connectivity index is 2.34. The van der Waals surface area contributed by atoms with Crippen LogP contribution in [0.2, 0.25) is 18.1 Å². The average molecular weight is 246 g/mol. The zero-order chi connectivity index (χ0) is 12.4. The molecule has 96 valence electrons. The average Bonchev–Trinajstić information content (AvgIpc) is 2.15. The van der Waals surface area contributed by atoms with Crippen LogP contribution >= 0.6 is 0 Å². The Bertz CT molecular complexity index is 215. The zero-order valence-corrected chi connectivity index (χ0v) is 12.5. The van der Waals surface area contributed by atoms with E-state index in [0.717, 1.165) is 0 Å². The van der Waals surface area contributed by atoms with E-state index in [9.17, 15) is 0 Å². The van der Waals surface area contributed by atoms with Gasteiger partial charge in [0.05, 0.1) is 25.9 Å². The van der Waals surface area contributed by atoms with Crippen molar-refractivity contribution in [1.82, 2.24) is 0 Å². The lowest BCUT2D eigenvalue weighted by molar-refractivity contribution is -0.137. The molecule has 0 bridgehead atoms. The Labute approximate surface area is 101 Å². The summed E-state index contributed by atoms with van der Waals surface area (Å²) in [6, 6.07) is 0. The fraction of sp³-hybridized carbons (Fsp3) is 1.00. The van der Waals surface area contributed by atoms with Crippen LogP contribution in [0.15, 0.2) is 0 Å². The number of rotatable bonds is 3. The van der Waals surface area contributed by atoms with E-state index in [-0.39, 0.29) is 17.2 Å². The summed E-state index contributed by atoms with van der Waals surface area (Å²) in [6.07, 6.45) is 0.342. The molecule has 0 N–H and O–H groups in total. The molecule has 0 aliphatic carbocycles. The molecule has 0 spiro atoms. The fourth-order valence-corrected chi connectivity index (χ4v) is 2.29. The summed E-state index contributed by atoms with van der Waals surface area (Å²) in [5, 5.41) is 0.260.